The first-order valence-electron chi connectivity index (χ1n) is 15.0. The van der Waals surface area contributed by atoms with Gasteiger partial charge in [-0.05, 0) is 75.8 Å². The maximum Gasteiger partial charge on any atom is 0.0541 e. The molecule has 2 heterocycles. The van der Waals surface area contributed by atoms with Crippen LogP contribution in [-0.2, 0) is 0 Å². The molecule has 44 heavy (non-hydrogen) atoms. The standard InChI is InChI=1S/C42H27NS/c1-4-13-39-35(10-1)36-11-2-5-14-40(36)43(39)34-23-20-30(21-24-34)32-9-7-8-31(26-32)28-16-18-29(19-17-28)33-22-25-38-37-12-3-6-15-41(37)44-42(38)27-33/h1-27H. The van der Waals surface area contributed by atoms with Gasteiger partial charge < -0.3 is 4.57 Å². The Morgan fingerprint density at radius 3 is 1.43 bits per heavy atom. The molecule has 2 heteroatoms. The lowest BCUT2D eigenvalue weighted by atomic mass is 9.97. The Morgan fingerprint density at radius 1 is 0.318 bits per heavy atom. The van der Waals surface area contributed by atoms with Crippen LogP contribution in [0, 0.1) is 0 Å². The number of hydrogen-bond donors (Lipinski definition) is 0. The summed E-state index contributed by atoms with van der Waals surface area (Å²) in [5.41, 5.74) is 11.0. The van der Waals surface area contributed by atoms with Crippen molar-refractivity contribution in [3.8, 4) is 39.1 Å². The summed E-state index contributed by atoms with van der Waals surface area (Å²) in [5.74, 6) is 0. The van der Waals surface area contributed by atoms with E-state index in [1.165, 1.54) is 81.0 Å². The molecule has 0 spiro atoms. The molecule has 9 aromatic rings. The highest BCUT2D eigenvalue weighted by atomic mass is 32.1. The van der Waals surface area contributed by atoms with E-state index < -0.39 is 0 Å². The van der Waals surface area contributed by atoms with Crippen molar-refractivity contribution in [1.29, 1.82) is 0 Å². The zero-order chi connectivity index (χ0) is 29.0. The third kappa shape index (κ3) is 4.07. The van der Waals surface area contributed by atoms with Crippen LogP contribution in [0.15, 0.2) is 164 Å². The molecule has 206 valence electrons. The lowest BCUT2D eigenvalue weighted by Crippen LogP contribution is -1.93. The second-order valence-corrected chi connectivity index (χ2v) is 12.5. The second-order valence-electron chi connectivity index (χ2n) is 11.4. The Morgan fingerprint density at radius 2 is 0.795 bits per heavy atom. The molecule has 0 bridgehead atoms. The van der Waals surface area contributed by atoms with Gasteiger partial charge in [0, 0.05) is 36.6 Å². The van der Waals surface area contributed by atoms with E-state index in [-0.39, 0.29) is 0 Å². The number of nitrogens with zero attached hydrogens (tertiary/aromatic N) is 1. The van der Waals surface area contributed by atoms with Gasteiger partial charge in [0.25, 0.3) is 0 Å². The molecule has 0 aliphatic rings. The largest absolute Gasteiger partial charge is 0.309 e. The van der Waals surface area contributed by atoms with Gasteiger partial charge in [0.05, 0.1) is 11.0 Å². The second kappa shape index (κ2) is 10.1. The van der Waals surface area contributed by atoms with E-state index >= 15 is 0 Å². The van der Waals surface area contributed by atoms with Crippen molar-refractivity contribution in [3.05, 3.63) is 164 Å². The third-order valence-electron chi connectivity index (χ3n) is 8.83. The molecule has 0 atom stereocenters. The average Bonchev–Trinajstić information content (AvgIpc) is 3.64. The van der Waals surface area contributed by atoms with Crippen LogP contribution < -0.4 is 0 Å². The van der Waals surface area contributed by atoms with Crippen molar-refractivity contribution in [3.63, 3.8) is 0 Å². The van der Waals surface area contributed by atoms with Crippen molar-refractivity contribution in [1.82, 2.24) is 4.57 Å². The highest BCUT2D eigenvalue weighted by Crippen LogP contribution is 2.37. The van der Waals surface area contributed by atoms with Crippen molar-refractivity contribution in [2.24, 2.45) is 0 Å². The summed E-state index contributed by atoms with van der Waals surface area (Å²) in [4.78, 5) is 0. The predicted octanol–water partition coefficient (Wildman–Crippen LogP) is 12.2. The van der Waals surface area contributed by atoms with Crippen LogP contribution in [0.2, 0.25) is 0 Å². The summed E-state index contributed by atoms with van der Waals surface area (Å²) in [5, 5.41) is 5.25. The Labute approximate surface area is 259 Å². The monoisotopic (exact) mass is 577 g/mol. The van der Waals surface area contributed by atoms with Gasteiger partial charge in [-0.25, -0.2) is 0 Å². The predicted molar refractivity (Wildman–Crippen MR) is 190 cm³/mol. The minimum atomic E-state index is 1.17. The Kier molecular flexibility index (Phi) is 5.75. The first kappa shape index (κ1) is 25.1. The van der Waals surface area contributed by atoms with E-state index in [4.69, 9.17) is 0 Å². The minimum absolute atomic E-state index is 1.17. The van der Waals surface area contributed by atoms with Crippen LogP contribution in [0.5, 0.6) is 0 Å². The van der Waals surface area contributed by atoms with Gasteiger partial charge in [-0.2, -0.15) is 0 Å². The summed E-state index contributed by atoms with van der Waals surface area (Å²) in [6, 6.07) is 59.7. The van der Waals surface area contributed by atoms with E-state index in [1.807, 2.05) is 11.3 Å². The average molecular weight is 578 g/mol. The van der Waals surface area contributed by atoms with Gasteiger partial charge >= 0.3 is 0 Å². The summed E-state index contributed by atoms with van der Waals surface area (Å²) in [7, 11) is 0. The lowest BCUT2D eigenvalue weighted by molar-refractivity contribution is 1.18. The smallest absolute Gasteiger partial charge is 0.0541 e. The Hall–Kier alpha value is -5.44. The summed E-state index contributed by atoms with van der Waals surface area (Å²) in [6.45, 7) is 0. The van der Waals surface area contributed by atoms with Crippen LogP contribution in [0.4, 0.5) is 0 Å². The van der Waals surface area contributed by atoms with Crippen LogP contribution in [0.25, 0.3) is 81.0 Å². The van der Waals surface area contributed by atoms with E-state index in [1.54, 1.807) is 0 Å². The molecule has 0 saturated heterocycles. The molecule has 2 aromatic heterocycles. The van der Waals surface area contributed by atoms with Crippen LogP contribution >= 0.6 is 11.3 Å². The normalized spacial score (nSPS) is 11.6. The fourth-order valence-electron chi connectivity index (χ4n) is 6.64. The fraction of sp³-hybridized carbons (Fsp3) is 0. The first-order chi connectivity index (χ1) is 21.8. The van der Waals surface area contributed by atoms with Gasteiger partial charge in [0.1, 0.15) is 0 Å². The molecule has 0 saturated carbocycles. The molecular weight excluding hydrogens is 551 g/mol. The van der Waals surface area contributed by atoms with E-state index in [0.717, 1.165) is 0 Å². The molecule has 1 nitrogen and oxygen atoms in total. The zero-order valence-corrected chi connectivity index (χ0v) is 24.8. The Bertz CT molecular complexity index is 2420. The quantitative estimate of drug-likeness (QED) is 0.196. The third-order valence-corrected chi connectivity index (χ3v) is 9.97. The summed E-state index contributed by atoms with van der Waals surface area (Å²) < 4.78 is 5.05. The van der Waals surface area contributed by atoms with Gasteiger partial charge in [-0.1, -0.05) is 121 Å². The number of benzene rings is 7. The minimum Gasteiger partial charge on any atom is -0.309 e. The molecule has 0 aliphatic heterocycles. The van der Waals surface area contributed by atoms with Crippen molar-refractivity contribution < 1.29 is 0 Å². The molecular formula is C42H27NS. The number of thiophene rings is 1. The van der Waals surface area contributed by atoms with Gasteiger partial charge in [0.15, 0.2) is 0 Å². The van der Waals surface area contributed by atoms with Gasteiger partial charge in [0.2, 0.25) is 0 Å². The van der Waals surface area contributed by atoms with Crippen LogP contribution in [-0.4, -0.2) is 4.57 Å². The number of aromatic nitrogens is 1. The van der Waals surface area contributed by atoms with Crippen molar-refractivity contribution in [2.45, 2.75) is 0 Å². The fourth-order valence-corrected chi connectivity index (χ4v) is 7.79. The molecule has 0 N–H and O–H groups in total. The SMILES string of the molecule is c1cc(-c2ccc(-c3ccc4c(c3)sc3ccccc34)cc2)cc(-c2ccc(-n3c4ccccc4c4ccccc43)cc2)c1. The van der Waals surface area contributed by atoms with E-state index in [9.17, 15) is 0 Å². The highest BCUT2D eigenvalue weighted by molar-refractivity contribution is 7.25. The molecule has 0 amide bonds. The molecule has 7 aromatic carbocycles. The molecule has 0 radical (unpaired) electrons. The Balaban J connectivity index is 1.02. The topological polar surface area (TPSA) is 4.93 Å². The highest BCUT2D eigenvalue weighted by Gasteiger charge is 2.12. The molecule has 0 fully saturated rings. The van der Waals surface area contributed by atoms with E-state index in [0.29, 0.717) is 0 Å². The molecule has 0 aliphatic carbocycles. The van der Waals surface area contributed by atoms with Gasteiger partial charge in [-0.3, -0.25) is 0 Å². The molecule has 9 rings (SSSR count). The first-order valence-corrected chi connectivity index (χ1v) is 15.8. The maximum absolute atomic E-state index is 2.37. The number of fused-ring (bicyclic) bond motifs is 6. The lowest BCUT2D eigenvalue weighted by Gasteiger charge is -2.11. The van der Waals surface area contributed by atoms with Crippen molar-refractivity contribution in [2.75, 3.05) is 0 Å². The van der Waals surface area contributed by atoms with Crippen LogP contribution in [0.1, 0.15) is 0 Å². The van der Waals surface area contributed by atoms with Crippen LogP contribution in [0.3, 0.4) is 0 Å². The van der Waals surface area contributed by atoms with Crippen molar-refractivity contribution >= 4 is 53.3 Å². The zero-order valence-electron chi connectivity index (χ0n) is 23.9. The summed E-state index contributed by atoms with van der Waals surface area (Å²) in [6.07, 6.45) is 0. The maximum atomic E-state index is 2.37. The van der Waals surface area contributed by atoms with Gasteiger partial charge in [-0.15, -0.1) is 11.3 Å². The summed E-state index contributed by atoms with van der Waals surface area (Å²) >= 11 is 1.87. The number of hydrogen-bond acceptors (Lipinski definition) is 1. The molecule has 0 unspecified atom stereocenters. The number of para-hydroxylation sites is 2. The number of rotatable bonds is 4. The van der Waals surface area contributed by atoms with E-state index in [2.05, 4.69) is 168 Å².